The van der Waals surface area contributed by atoms with Crippen LogP contribution in [0.3, 0.4) is 0 Å². The van der Waals surface area contributed by atoms with Crippen molar-refractivity contribution in [3.05, 3.63) is 41.1 Å². The molecule has 2 aromatic rings. The third kappa shape index (κ3) is 5.09. The van der Waals surface area contributed by atoms with Gasteiger partial charge >= 0.3 is 0 Å². The number of aromatic nitrogens is 2. The molecule has 2 bridgehead atoms. The highest BCUT2D eigenvalue weighted by Crippen LogP contribution is 2.54. The molecule has 0 radical (unpaired) electrons. The first-order valence-corrected chi connectivity index (χ1v) is 13.2. The Morgan fingerprint density at radius 1 is 1.25 bits per heavy atom. The second kappa shape index (κ2) is 10.4. The van der Waals surface area contributed by atoms with E-state index in [1.165, 1.54) is 11.3 Å². The monoisotopic (exact) mass is 515 g/mol. The second-order valence-corrected chi connectivity index (χ2v) is 11.0. The van der Waals surface area contributed by atoms with Gasteiger partial charge in [0, 0.05) is 43.6 Å². The number of piperazine rings is 1. The van der Waals surface area contributed by atoms with E-state index in [1.54, 1.807) is 0 Å². The molecule has 1 aliphatic heterocycles. The highest BCUT2D eigenvalue weighted by Gasteiger charge is 2.54. The van der Waals surface area contributed by atoms with Crippen molar-refractivity contribution in [2.24, 2.45) is 29.4 Å². The normalized spacial score (nSPS) is 28.0. The van der Waals surface area contributed by atoms with E-state index in [4.69, 9.17) is 23.1 Å². The molecule has 2 aliphatic carbocycles. The Morgan fingerprint density at radius 2 is 2.03 bits per heavy atom. The lowest BCUT2D eigenvalue weighted by Crippen LogP contribution is -2.45. The van der Waals surface area contributed by atoms with E-state index in [0.717, 1.165) is 70.2 Å². The minimum atomic E-state index is -0.583. The zero-order valence-electron chi connectivity index (χ0n) is 20.7. The summed E-state index contributed by atoms with van der Waals surface area (Å²) < 4.78 is 14.3. The minimum absolute atomic E-state index is 0.0347. The number of aryl methyl sites for hydroxylation is 1. The third-order valence-corrected chi connectivity index (χ3v) is 8.64. The molecule has 0 spiro atoms. The van der Waals surface area contributed by atoms with Gasteiger partial charge in [0.15, 0.2) is 11.6 Å². The van der Waals surface area contributed by atoms with E-state index < -0.39 is 5.82 Å². The molecule has 2 heterocycles. The molecule has 194 valence electrons. The van der Waals surface area contributed by atoms with Gasteiger partial charge in [-0.3, -0.25) is 4.79 Å². The summed E-state index contributed by atoms with van der Waals surface area (Å²) in [6.07, 6.45) is 5.96. The van der Waals surface area contributed by atoms with Crippen LogP contribution in [0.1, 0.15) is 31.2 Å². The molecule has 1 amide bonds. The summed E-state index contributed by atoms with van der Waals surface area (Å²) in [5.41, 5.74) is 15.3. The summed E-state index contributed by atoms with van der Waals surface area (Å²) in [6.45, 7) is 4.15. The Hall–Kier alpha value is -2.65. The van der Waals surface area contributed by atoms with Crippen molar-refractivity contribution in [1.82, 2.24) is 14.9 Å². The number of rotatable bonds is 8. The van der Waals surface area contributed by atoms with Crippen LogP contribution in [0.2, 0.25) is 5.28 Å². The number of likely N-dealkylation sites (N-methyl/N-ethyl adjacent to an activating group) is 1. The number of hydrogen-bond donors (Lipinski definition) is 3. The number of nitrogens with one attached hydrogen (secondary N) is 1. The van der Waals surface area contributed by atoms with E-state index in [0.29, 0.717) is 5.92 Å². The number of nitrogen functional groups attached to an aromatic ring is 1. The van der Waals surface area contributed by atoms with Crippen molar-refractivity contribution < 1.29 is 9.18 Å². The maximum atomic E-state index is 14.3. The summed E-state index contributed by atoms with van der Waals surface area (Å²) in [6, 6.07) is 6.02. The predicted octanol–water partition coefficient (Wildman–Crippen LogP) is 3.16. The van der Waals surface area contributed by atoms with E-state index >= 15 is 0 Å². The van der Waals surface area contributed by atoms with Crippen LogP contribution in [0, 0.1) is 29.5 Å². The van der Waals surface area contributed by atoms with Crippen molar-refractivity contribution >= 4 is 34.7 Å². The maximum absolute atomic E-state index is 14.3. The molecule has 3 fully saturated rings. The minimum Gasteiger partial charge on any atom is -0.399 e. The lowest BCUT2D eigenvalue weighted by atomic mass is 9.76. The number of fused-ring (bicyclic) bond motifs is 2. The number of halogens is 2. The van der Waals surface area contributed by atoms with Crippen molar-refractivity contribution in [3.63, 3.8) is 0 Å². The first-order valence-electron chi connectivity index (χ1n) is 12.9. The Kier molecular flexibility index (Phi) is 7.21. The molecule has 5 N–H and O–H groups in total. The van der Waals surface area contributed by atoms with Crippen LogP contribution >= 0.6 is 11.6 Å². The van der Waals surface area contributed by atoms with Gasteiger partial charge in [-0.05, 0) is 92.3 Å². The van der Waals surface area contributed by atoms with Gasteiger partial charge in [0.25, 0.3) is 0 Å². The van der Waals surface area contributed by atoms with Gasteiger partial charge < -0.3 is 26.6 Å². The number of hydrogen-bond acceptors (Lipinski definition) is 7. The summed E-state index contributed by atoms with van der Waals surface area (Å²) in [4.78, 5) is 24.8. The quantitative estimate of drug-likeness (QED) is 0.365. The molecule has 5 atom stereocenters. The van der Waals surface area contributed by atoms with Gasteiger partial charge in [-0.1, -0.05) is 0 Å². The number of amides is 1. The Bertz CT molecular complexity index is 1110. The molecular weight excluding hydrogens is 481 g/mol. The summed E-state index contributed by atoms with van der Waals surface area (Å²) >= 11 is 5.89. The van der Waals surface area contributed by atoms with Gasteiger partial charge in [-0.25, -0.2) is 9.37 Å². The lowest BCUT2D eigenvalue weighted by Gasteiger charge is -2.36. The standard InChI is InChI=1S/C26H35ClFN7O/c1-34-7-9-35(10-8-34)21-6-5-18(29)12-16(21)4-2-3-15-11-17-13-19(15)23(22(17)24(30)36)32-25-20(28)14-31-26(27)33-25/h5-6,12,14-15,17,19,22-23H,2-4,7-11,13,29H2,1H3,(H2,30,36)(H,31,32,33)/t15-,17+,19-,22+,23-/m1/s1. The SMILES string of the molecule is CN1CCN(c2ccc(N)cc2CCC[C@@H]2C[C@H]3C[C@H]2[C@@H](Nc2nc(Cl)ncc2F)[C@H]3C(N)=O)CC1. The average molecular weight is 516 g/mol. The molecule has 1 saturated heterocycles. The van der Waals surface area contributed by atoms with E-state index in [9.17, 15) is 9.18 Å². The predicted molar refractivity (Wildman–Crippen MR) is 140 cm³/mol. The number of benzene rings is 1. The highest BCUT2D eigenvalue weighted by molar-refractivity contribution is 6.28. The molecule has 10 heteroatoms. The summed E-state index contributed by atoms with van der Waals surface area (Å²) in [7, 11) is 2.16. The van der Waals surface area contributed by atoms with Crippen LogP contribution in [0.15, 0.2) is 24.4 Å². The van der Waals surface area contributed by atoms with Crippen LogP contribution in [0.25, 0.3) is 0 Å². The lowest BCUT2D eigenvalue weighted by molar-refractivity contribution is -0.123. The number of nitrogens with two attached hydrogens (primary N) is 2. The molecule has 1 aromatic carbocycles. The molecular formula is C26H35ClFN7O. The van der Waals surface area contributed by atoms with Gasteiger partial charge in [-0.2, -0.15) is 4.98 Å². The number of primary amides is 1. The molecule has 1 aromatic heterocycles. The highest BCUT2D eigenvalue weighted by atomic mass is 35.5. The van der Waals surface area contributed by atoms with Gasteiger partial charge in [0.2, 0.25) is 11.2 Å². The van der Waals surface area contributed by atoms with Crippen LogP contribution in [0.4, 0.5) is 21.6 Å². The summed E-state index contributed by atoms with van der Waals surface area (Å²) in [5.74, 6) is -0.333. The largest absolute Gasteiger partial charge is 0.399 e. The van der Waals surface area contributed by atoms with Crippen LogP contribution in [-0.2, 0) is 11.2 Å². The van der Waals surface area contributed by atoms with Crippen LogP contribution in [-0.4, -0.2) is 60.0 Å². The average Bonchev–Trinajstić information content (AvgIpc) is 3.40. The number of nitrogens with zero attached hydrogens (tertiary/aromatic N) is 4. The van der Waals surface area contributed by atoms with Crippen LogP contribution < -0.4 is 21.7 Å². The van der Waals surface area contributed by atoms with Gasteiger partial charge in [-0.15, -0.1) is 0 Å². The number of anilines is 3. The zero-order valence-corrected chi connectivity index (χ0v) is 21.4. The first-order chi connectivity index (χ1) is 17.3. The van der Waals surface area contributed by atoms with Gasteiger partial charge in [0.1, 0.15) is 0 Å². The van der Waals surface area contributed by atoms with Crippen molar-refractivity contribution in [1.29, 1.82) is 0 Å². The molecule has 8 nitrogen and oxygen atoms in total. The third-order valence-electron chi connectivity index (χ3n) is 8.46. The summed E-state index contributed by atoms with van der Waals surface area (Å²) in [5, 5.41) is 3.14. The fourth-order valence-electron chi connectivity index (χ4n) is 6.75. The fourth-order valence-corrected chi connectivity index (χ4v) is 6.89. The maximum Gasteiger partial charge on any atom is 0.224 e. The topological polar surface area (TPSA) is 113 Å². The molecule has 2 saturated carbocycles. The zero-order chi connectivity index (χ0) is 25.4. The fraction of sp³-hybridized carbons (Fsp3) is 0.577. The number of carbonyl (C=O) groups is 1. The number of carbonyl (C=O) groups excluding carboxylic acids is 1. The van der Waals surface area contributed by atoms with E-state index in [1.807, 2.05) is 6.07 Å². The second-order valence-electron chi connectivity index (χ2n) is 10.7. The van der Waals surface area contributed by atoms with Crippen molar-refractivity contribution in [2.75, 3.05) is 49.2 Å². The smallest absolute Gasteiger partial charge is 0.224 e. The molecule has 0 unspecified atom stereocenters. The Morgan fingerprint density at radius 3 is 2.78 bits per heavy atom. The van der Waals surface area contributed by atoms with Crippen LogP contribution in [0.5, 0.6) is 0 Å². The van der Waals surface area contributed by atoms with E-state index in [-0.39, 0.29) is 40.8 Å². The Labute approximate surface area is 216 Å². The van der Waals surface area contributed by atoms with Crippen molar-refractivity contribution in [2.45, 2.75) is 38.1 Å². The first kappa shape index (κ1) is 25.0. The molecule has 5 rings (SSSR count). The molecule has 3 aliphatic rings. The van der Waals surface area contributed by atoms with Crippen molar-refractivity contribution in [3.8, 4) is 0 Å². The van der Waals surface area contributed by atoms with Gasteiger partial charge in [0.05, 0.1) is 12.1 Å². The van der Waals surface area contributed by atoms with E-state index in [2.05, 4.69) is 44.3 Å². The molecule has 36 heavy (non-hydrogen) atoms. The Balaban J connectivity index is 1.25.